The maximum Gasteiger partial charge on any atom is 0.277 e. The van der Waals surface area contributed by atoms with Crippen molar-refractivity contribution in [1.29, 1.82) is 0 Å². The molecule has 5 nitrogen and oxygen atoms in total. The third-order valence-electron chi connectivity index (χ3n) is 2.40. The third-order valence-corrected chi connectivity index (χ3v) is 3.29. The first kappa shape index (κ1) is 11.9. The van der Waals surface area contributed by atoms with Gasteiger partial charge >= 0.3 is 0 Å². The molecule has 0 amide bonds. The average Bonchev–Trinajstić information content (AvgIpc) is 2.96. The lowest BCUT2D eigenvalue weighted by atomic mass is 10.3. The van der Waals surface area contributed by atoms with Crippen LogP contribution >= 0.6 is 11.8 Å². The van der Waals surface area contributed by atoms with Crippen molar-refractivity contribution in [1.82, 2.24) is 20.2 Å². The minimum atomic E-state index is 0.488. The lowest BCUT2D eigenvalue weighted by Gasteiger charge is -1.96. The number of pyridine rings is 2. The second-order valence-corrected chi connectivity index (χ2v) is 4.69. The Morgan fingerprint density at radius 1 is 1.00 bits per heavy atom. The van der Waals surface area contributed by atoms with Crippen molar-refractivity contribution in [3.8, 4) is 11.5 Å². The Bertz CT molecular complexity index is 642. The van der Waals surface area contributed by atoms with Crippen LogP contribution in [0.15, 0.2) is 58.7 Å². The zero-order valence-corrected chi connectivity index (χ0v) is 10.7. The van der Waals surface area contributed by atoms with Crippen LogP contribution in [0.3, 0.4) is 0 Å². The van der Waals surface area contributed by atoms with E-state index in [4.69, 9.17) is 4.42 Å². The van der Waals surface area contributed by atoms with E-state index in [-0.39, 0.29) is 0 Å². The SMILES string of the molecule is c1cncc(CSc2nnc(-c3cccnc3)o2)c1. The first-order valence-electron chi connectivity index (χ1n) is 5.67. The molecule has 94 valence electrons. The number of aromatic nitrogens is 4. The molecule has 0 N–H and O–H groups in total. The maximum absolute atomic E-state index is 5.57. The first-order chi connectivity index (χ1) is 9.42. The predicted octanol–water partition coefficient (Wildman–Crippen LogP) is 2.82. The highest BCUT2D eigenvalue weighted by Gasteiger charge is 2.08. The van der Waals surface area contributed by atoms with Crippen molar-refractivity contribution in [3.05, 3.63) is 54.6 Å². The lowest BCUT2D eigenvalue weighted by Crippen LogP contribution is -1.81. The number of hydrogen-bond donors (Lipinski definition) is 0. The summed E-state index contributed by atoms with van der Waals surface area (Å²) in [6.45, 7) is 0. The minimum Gasteiger partial charge on any atom is -0.411 e. The largest absolute Gasteiger partial charge is 0.411 e. The monoisotopic (exact) mass is 270 g/mol. The molecule has 0 saturated carbocycles. The molecular formula is C13H10N4OS. The molecule has 0 aromatic carbocycles. The van der Waals surface area contributed by atoms with Crippen LogP contribution in [0, 0.1) is 0 Å². The van der Waals surface area contributed by atoms with Gasteiger partial charge in [0.1, 0.15) is 0 Å². The van der Waals surface area contributed by atoms with Gasteiger partial charge in [0.15, 0.2) is 0 Å². The molecule has 3 heterocycles. The molecule has 0 aliphatic carbocycles. The molecule has 0 fully saturated rings. The van der Waals surface area contributed by atoms with Gasteiger partial charge in [0.25, 0.3) is 5.22 Å². The van der Waals surface area contributed by atoms with Crippen LogP contribution in [-0.2, 0) is 5.75 Å². The van der Waals surface area contributed by atoms with Crippen LogP contribution in [0.2, 0.25) is 0 Å². The van der Waals surface area contributed by atoms with Gasteiger partial charge in [-0.2, -0.15) is 0 Å². The lowest BCUT2D eigenvalue weighted by molar-refractivity contribution is 0.465. The summed E-state index contributed by atoms with van der Waals surface area (Å²) in [6, 6.07) is 7.64. The van der Waals surface area contributed by atoms with Crippen LogP contribution < -0.4 is 0 Å². The molecule has 0 saturated heterocycles. The molecule has 3 rings (SSSR count). The number of nitrogens with zero attached hydrogens (tertiary/aromatic N) is 4. The summed E-state index contributed by atoms with van der Waals surface area (Å²) in [5, 5.41) is 8.56. The van der Waals surface area contributed by atoms with Crippen molar-refractivity contribution in [2.24, 2.45) is 0 Å². The van der Waals surface area contributed by atoms with E-state index in [0.29, 0.717) is 11.1 Å². The van der Waals surface area contributed by atoms with Crippen molar-refractivity contribution >= 4 is 11.8 Å². The third kappa shape index (κ3) is 2.97. The molecule has 0 unspecified atom stereocenters. The number of thioether (sulfide) groups is 1. The summed E-state index contributed by atoms with van der Waals surface area (Å²) in [4.78, 5) is 8.08. The molecule has 0 aliphatic rings. The molecule has 19 heavy (non-hydrogen) atoms. The normalized spacial score (nSPS) is 10.5. The molecular weight excluding hydrogens is 260 g/mol. The van der Waals surface area contributed by atoms with Gasteiger partial charge in [0, 0.05) is 30.5 Å². The molecule has 3 aromatic heterocycles. The van der Waals surface area contributed by atoms with E-state index in [1.807, 2.05) is 30.5 Å². The second-order valence-electron chi connectivity index (χ2n) is 3.76. The van der Waals surface area contributed by atoms with Gasteiger partial charge in [-0.3, -0.25) is 9.97 Å². The van der Waals surface area contributed by atoms with E-state index in [1.165, 1.54) is 11.8 Å². The smallest absolute Gasteiger partial charge is 0.277 e. The maximum atomic E-state index is 5.57. The van der Waals surface area contributed by atoms with Gasteiger partial charge in [0.05, 0.1) is 5.56 Å². The summed E-state index contributed by atoms with van der Waals surface area (Å²) in [5.41, 5.74) is 1.94. The van der Waals surface area contributed by atoms with E-state index in [2.05, 4.69) is 20.2 Å². The quantitative estimate of drug-likeness (QED) is 0.679. The molecule has 0 bridgehead atoms. The number of rotatable bonds is 4. The Balaban J connectivity index is 1.69. The molecule has 0 spiro atoms. The molecule has 0 radical (unpaired) electrons. The van der Waals surface area contributed by atoms with E-state index in [9.17, 15) is 0 Å². The van der Waals surface area contributed by atoms with Crippen LogP contribution in [0.1, 0.15) is 5.56 Å². The van der Waals surface area contributed by atoms with Crippen LogP contribution in [0.5, 0.6) is 0 Å². The Hall–Kier alpha value is -2.21. The summed E-state index contributed by atoms with van der Waals surface area (Å²) in [6.07, 6.45) is 6.98. The average molecular weight is 270 g/mol. The predicted molar refractivity (Wildman–Crippen MR) is 71.3 cm³/mol. The Morgan fingerprint density at radius 2 is 1.84 bits per heavy atom. The van der Waals surface area contributed by atoms with Gasteiger partial charge in [-0.15, -0.1) is 10.2 Å². The summed E-state index contributed by atoms with van der Waals surface area (Å²) >= 11 is 1.49. The van der Waals surface area contributed by atoms with Gasteiger partial charge < -0.3 is 4.42 Å². The van der Waals surface area contributed by atoms with E-state index < -0.39 is 0 Å². The van der Waals surface area contributed by atoms with Gasteiger partial charge in [-0.05, 0) is 23.8 Å². The van der Waals surface area contributed by atoms with Crippen molar-refractivity contribution in [3.63, 3.8) is 0 Å². The zero-order chi connectivity index (χ0) is 12.9. The Kier molecular flexibility index (Phi) is 3.51. The number of hydrogen-bond acceptors (Lipinski definition) is 6. The van der Waals surface area contributed by atoms with Crippen molar-refractivity contribution in [2.75, 3.05) is 0 Å². The molecule has 3 aromatic rings. The summed E-state index contributed by atoms with van der Waals surface area (Å²) in [5.74, 6) is 1.24. The standard InChI is InChI=1S/C13H10N4OS/c1-3-10(7-14-5-1)9-19-13-17-16-12(18-13)11-4-2-6-15-8-11/h1-8H,9H2. The van der Waals surface area contributed by atoms with E-state index in [1.54, 1.807) is 18.6 Å². The minimum absolute atomic E-state index is 0.488. The Labute approximate surface area is 114 Å². The second kappa shape index (κ2) is 5.62. The zero-order valence-electron chi connectivity index (χ0n) is 9.93. The topological polar surface area (TPSA) is 64.7 Å². The highest BCUT2D eigenvalue weighted by molar-refractivity contribution is 7.98. The van der Waals surface area contributed by atoms with Gasteiger partial charge in [0.2, 0.25) is 5.89 Å². The van der Waals surface area contributed by atoms with Gasteiger partial charge in [-0.25, -0.2) is 0 Å². The van der Waals surface area contributed by atoms with Crippen LogP contribution in [-0.4, -0.2) is 20.2 Å². The molecule has 0 atom stereocenters. The van der Waals surface area contributed by atoms with Gasteiger partial charge in [-0.1, -0.05) is 17.8 Å². The fourth-order valence-corrected chi connectivity index (χ4v) is 2.20. The molecule has 0 aliphatic heterocycles. The first-order valence-corrected chi connectivity index (χ1v) is 6.66. The van der Waals surface area contributed by atoms with E-state index in [0.717, 1.165) is 16.9 Å². The van der Waals surface area contributed by atoms with Crippen molar-refractivity contribution in [2.45, 2.75) is 11.0 Å². The fraction of sp³-hybridized carbons (Fsp3) is 0.0769. The van der Waals surface area contributed by atoms with E-state index >= 15 is 0 Å². The molecule has 6 heteroatoms. The fourth-order valence-electron chi connectivity index (χ4n) is 1.50. The Morgan fingerprint density at radius 3 is 2.58 bits per heavy atom. The van der Waals surface area contributed by atoms with Crippen molar-refractivity contribution < 1.29 is 4.42 Å². The highest BCUT2D eigenvalue weighted by atomic mass is 32.2. The summed E-state index contributed by atoms with van der Waals surface area (Å²) in [7, 11) is 0. The van der Waals surface area contributed by atoms with Crippen LogP contribution in [0.4, 0.5) is 0 Å². The highest BCUT2D eigenvalue weighted by Crippen LogP contribution is 2.24. The summed E-state index contributed by atoms with van der Waals surface area (Å²) < 4.78 is 5.57. The van der Waals surface area contributed by atoms with Crippen LogP contribution in [0.25, 0.3) is 11.5 Å².